The van der Waals surface area contributed by atoms with Gasteiger partial charge in [0.05, 0.1) is 38.5 Å². The van der Waals surface area contributed by atoms with E-state index in [0.717, 1.165) is 0 Å². The first-order valence-corrected chi connectivity index (χ1v) is 8.96. The minimum atomic E-state index is -0.578. The first-order valence-electron chi connectivity index (χ1n) is 8.96. The van der Waals surface area contributed by atoms with Crippen LogP contribution in [0, 0.1) is 10.1 Å². The van der Waals surface area contributed by atoms with Gasteiger partial charge in [-0.2, -0.15) is 5.10 Å². The van der Waals surface area contributed by atoms with E-state index in [4.69, 9.17) is 14.2 Å². The van der Waals surface area contributed by atoms with Crippen molar-refractivity contribution < 1.29 is 28.7 Å². The molecule has 0 atom stereocenters. The minimum Gasteiger partial charge on any atom is -0.493 e. The average molecular weight is 430 g/mol. The van der Waals surface area contributed by atoms with E-state index in [0.29, 0.717) is 28.5 Å². The molecule has 0 aliphatic heterocycles. The van der Waals surface area contributed by atoms with E-state index < -0.39 is 16.7 Å². The molecule has 2 aromatic carbocycles. The van der Waals surface area contributed by atoms with Crippen molar-refractivity contribution in [2.24, 2.45) is 5.10 Å². The van der Waals surface area contributed by atoms with Crippen LogP contribution in [0.1, 0.15) is 22.8 Å². The van der Waals surface area contributed by atoms with Crippen LogP contribution in [0.3, 0.4) is 0 Å². The number of ether oxygens (including phenoxy) is 3. The summed E-state index contributed by atoms with van der Waals surface area (Å²) in [5, 5.41) is 17.2. The number of nitro groups is 1. The third-order valence-electron chi connectivity index (χ3n) is 4.16. The number of amides is 2. The van der Waals surface area contributed by atoms with Gasteiger partial charge in [0.15, 0.2) is 11.5 Å². The van der Waals surface area contributed by atoms with Crippen molar-refractivity contribution in [3.8, 4) is 17.2 Å². The van der Waals surface area contributed by atoms with Gasteiger partial charge in [0.25, 0.3) is 17.5 Å². The van der Waals surface area contributed by atoms with Gasteiger partial charge in [-0.15, -0.1) is 0 Å². The molecule has 11 heteroatoms. The number of hydrogen-bond donors (Lipinski definition) is 2. The largest absolute Gasteiger partial charge is 0.493 e. The van der Waals surface area contributed by atoms with Crippen LogP contribution in [-0.2, 0) is 4.79 Å². The maximum atomic E-state index is 12.4. The Morgan fingerprint density at radius 2 is 1.68 bits per heavy atom. The van der Waals surface area contributed by atoms with Gasteiger partial charge in [-0.1, -0.05) is 12.1 Å². The summed E-state index contributed by atoms with van der Waals surface area (Å²) in [6.07, 6.45) is 0. The van der Waals surface area contributed by atoms with Gasteiger partial charge in [0.1, 0.15) is 0 Å². The summed E-state index contributed by atoms with van der Waals surface area (Å²) < 4.78 is 15.6. The van der Waals surface area contributed by atoms with Crippen LogP contribution in [0.25, 0.3) is 0 Å². The molecule has 0 heterocycles. The van der Waals surface area contributed by atoms with E-state index in [1.807, 2.05) is 0 Å². The van der Waals surface area contributed by atoms with Gasteiger partial charge >= 0.3 is 0 Å². The van der Waals surface area contributed by atoms with Crippen molar-refractivity contribution in [2.45, 2.75) is 6.92 Å². The third kappa shape index (κ3) is 5.92. The molecule has 31 heavy (non-hydrogen) atoms. The number of carbonyl (C=O) groups is 2. The van der Waals surface area contributed by atoms with E-state index >= 15 is 0 Å². The number of methoxy groups -OCH3 is 3. The normalized spacial score (nSPS) is 10.8. The second-order valence-corrected chi connectivity index (χ2v) is 6.14. The van der Waals surface area contributed by atoms with Crippen molar-refractivity contribution in [2.75, 3.05) is 27.9 Å². The second-order valence-electron chi connectivity index (χ2n) is 6.14. The number of non-ortho nitro benzene ring substituents is 1. The highest BCUT2D eigenvalue weighted by atomic mass is 16.6. The molecule has 0 spiro atoms. The van der Waals surface area contributed by atoms with Crippen molar-refractivity contribution in [3.63, 3.8) is 0 Å². The SMILES string of the molecule is COc1cc(C(=O)NCC(=O)NN=C(C)c2cccc([N+](=O)[O-])c2)cc(OC)c1OC. The monoisotopic (exact) mass is 430 g/mol. The maximum Gasteiger partial charge on any atom is 0.270 e. The van der Waals surface area contributed by atoms with Gasteiger partial charge in [-0.3, -0.25) is 19.7 Å². The summed E-state index contributed by atoms with van der Waals surface area (Å²) in [6, 6.07) is 8.76. The predicted molar refractivity (Wildman–Crippen MR) is 112 cm³/mol. The Labute approximate surface area is 178 Å². The molecule has 0 aliphatic carbocycles. The lowest BCUT2D eigenvalue weighted by Gasteiger charge is -2.14. The smallest absolute Gasteiger partial charge is 0.270 e. The Bertz CT molecular complexity index is 995. The first-order chi connectivity index (χ1) is 14.8. The fourth-order valence-electron chi connectivity index (χ4n) is 2.57. The second kappa shape index (κ2) is 10.6. The van der Waals surface area contributed by atoms with Crippen LogP contribution in [0.15, 0.2) is 41.5 Å². The standard InChI is InChI=1S/C20H22N4O7/c1-12(13-6-5-7-15(8-13)24(27)28)22-23-18(25)11-21-20(26)14-9-16(29-2)19(31-4)17(10-14)30-3/h5-10H,11H2,1-4H3,(H,21,26)(H,23,25). The summed E-state index contributed by atoms with van der Waals surface area (Å²) in [5.41, 5.74) is 3.27. The van der Waals surface area contributed by atoms with Crippen LogP contribution < -0.4 is 25.0 Å². The Balaban J connectivity index is 2.01. The molecule has 0 unspecified atom stereocenters. The van der Waals surface area contributed by atoms with Gasteiger partial charge in [-0.25, -0.2) is 5.43 Å². The number of nitro benzene ring substituents is 1. The number of hydrazone groups is 1. The van der Waals surface area contributed by atoms with Crippen LogP contribution in [-0.4, -0.2) is 50.3 Å². The molecule has 0 aliphatic rings. The van der Waals surface area contributed by atoms with Crippen LogP contribution in [0.4, 0.5) is 5.69 Å². The Kier molecular flexibility index (Phi) is 7.89. The summed E-state index contributed by atoms with van der Waals surface area (Å²) in [7, 11) is 4.29. The fourth-order valence-corrected chi connectivity index (χ4v) is 2.57. The molecule has 0 aromatic heterocycles. The summed E-state index contributed by atoms with van der Waals surface area (Å²) in [6.45, 7) is 1.25. The first kappa shape index (κ1) is 23.1. The zero-order valence-electron chi connectivity index (χ0n) is 17.4. The molecule has 2 N–H and O–H groups in total. The topological polar surface area (TPSA) is 141 Å². The van der Waals surface area contributed by atoms with Gasteiger partial charge in [0.2, 0.25) is 5.75 Å². The predicted octanol–water partition coefficient (Wildman–Crippen LogP) is 1.89. The van der Waals surface area contributed by atoms with Gasteiger partial charge in [0, 0.05) is 23.3 Å². The molecular formula is C20H22N4O7. The quantitative estimate of drug-likeness (QED) is 0.351. The number of carbonyl (C=O) groups excluding carboxylic acids is 2. The molecule has 164 valence electrons. The number of nitrogens with zero attached hydrogens (tertiary/aromatic N) is 2. The molecule has 0 saturated carbocycles. The Morgan fingerprint density at radius 1 is 1.03 bits per heavy atom. The van der Waals surface area contributed by atoms with E-state index in [-0.39, 0.29) is 17.8 Å². The van der Waals surface area contributed by atoms with Crippen molar-refractivity contribution in [1.29, 1.82) is 0 Å². The zero-order valence-corrected chi connectivity index (χ0v) is 17.4. The van der Waals surface area contributed by atoms with E-state index in [2.05, 4.69) is 15.8 Å². The summed E-state index contributed by atoms with van der Waals surface area (Å²) in [5.74, 6) is -0.174. The average Bonchev–Trinajstić information content (AvgIpc) is 2.79. The number of benzene rings is 2. The molecule has 2 amide bonds. The molecule has 0 fully saturated rings. The van der Waals surface area contributed by atoms with Crippen molar-refractivity contribution >= 4 is 23.2 Å². The van der Waals surface area contributed by atoms with Crippen molar-refractivity contribution in [3.05, 3.63) is 57.6 Å². The molecule has 2 rings (SSSR count). The number of rotatable bonds is 9. The molecular weight excluding hydrogens is 408 g/mol. The van der Waals surface area contributed by atoms with E-state index in [1.54, 1.807) is 13.0 Å². The molecule has 2 aromatic rings. The fraction of sp³-hybridized carbons (Fsp3) is 0.250. The van der Waals surface area contributed by atoms with Crippen molar-refractivity contribution in [1.82, 2.24) is 10.7 Å². The summed E-state index contributed by atoms with van der Waals surface area (Å²) >= 11 is 0. The molecule has 0 bridgehead atoms. The zero-order chi connectivity index (χ0) is 23.0. The third-order valence-corrected chi connectivity index (χ3v) is 4.16. The molecule has 0 radical (unpaired) electrons. The van der Waals surface area contributed by atoms with Crippen LogP contribution in [0.5, 0.6) is 17.2 Å². The number of hydrogen-bond acceptors (Lipinski definition) is 8. The lowest BCUT2D eigenvalue weighted by molar-refractivity contribution is -0.384. The Hall–Kier alpha value is -4.15. The lowest BCUT2D eigenvalue weighted by atomic mass is 10.1. The highest BCUT2D eigenvalue weighted by Crippen LogP contribution is 2.38. The Morgan fingerprint density at radius 3 is 2.23 bits per heavy atom. The maximum absolute atomic E-state index is 12.4. The van der Waals surface area contributed by atoms with Crippen LogP contribution in [0.2, 0.25) is 0 Å². The molecule has 0 saturated heterocycles. The van der Waals surface area contributed by atoms with Gasteiger partial charge in [-0.05, 0) is 19.1 Å². The van der Waals surface area contributed by atoms with Crippen LogP contribution >= 0.6 is 0 Å². The molecule has 11 nitrogen and oxygen atoms in total. The highest BCUT2D eigenvalue weighted by molar-refractivity contribution is 6.00. The highest BCUT2D eigenvalue weighted by Gasteiger charge is 2.17. The van der Waals surface area contributed by atoms with Gasteiger partial charge < -0.3 is 19.5 Å². The minimum absolute atomic E-state index is 0.0870. The van der Waals surface area contributed by atoms with E-state index in [1.165, 1.54) is 51.7 Å². The number of nitrogens with one attached hydrogen (secondary N) is 2. The summed E-state index contributed by atoms with van der Waals surface area (Å²) in [4.78, 5) is 34.8. The van der Waals surface area contributed by atoms with E-state index in [9.17, 15) is 19.7 Å². The lowest BCUT2D eigenvalue weighted by Crippen LogP contribution is -2.35.